The Kier molecular flexibility index (Phi) is 4.01. The van der Waals surface area contributed by atoms with Gasteiger partial charge in [-0.2, -0.15) is 0 Å². The van der Waals surface area contributed by atoms with E-state index in [1.807, 2.05) is 0 Å². The van der Waals surface area contributed by atoms with Gasteiger partial charge in [-0.1, -0.05) is 19.1 Å². The third-order valence-corrected chi connectivity index (χ3v) is 6.88. The molecule has 2 saturated carbocycles. The lowest BCUT2D eigenvalue weighted by molar-refractivity contribution is -0.146. The van der Waals surface area contributed by atoms with Crippen molar-refractivity contribution >= 4 is 5.97 Å². The third-order valence-electron chi connectivity index (χ3n) is 6.88. The first-order valence-electron chi connectivity index (χ1n) is 9.25. The predicted molar refractivity (Wildman–Crippen MR) is 87.9 cm³/mol. The molecule has 0 amide bonds. The second-order valence-electron chi connectivity index (χ2n) is 8.32. The zero-order valence-electron chi connectivity index (χ0n) is 14.3. The highest BCUT2D eigenvalue weighted by Gasteiger charge is 2.55. The van der Waals surface area contributed by atoms with Crippen molar-refractivity contribution in [3.8, 4) is 0 Å². The van der Waals surface area contributed by atoms with Crippen LogP contribution in [-0.4, -0.2) is 49.8 Å². The number of morpholine rings is 1. The van der Waals surface area contributed by atoms with Crippen molar-refractivity contribution in [1.82, 2.24) is 4.90 Å². The molecule has 2 aliphatic carbocycles. The number of allylic oxidation sites excluding steroid dienone is 1. The van der Waals surface area contributed by atoms with Gasteiger partial charge in [0.2, 0.25) is 0 Å². The minimum absolute atomic E-state index is 0.0411. The highest BCUT2D eigenvalue weighted by Crippen LogP contribution is 2.56. The molecule has 4 aliphatic rings. The van der Waals surface area contributed by atoms with Crippen molar-refractivity contribution in [1.29, 1.82) is 0 Å². The fourth-order valence-corrected chi connectivity index (χ4v) is 5.53. The molecule has 0 radical (unpaired) electrons. The van der Waals surface area contributed by atoms with E-state index >= 15 is 0 Å². The highest BCUT2D eigenvalue weighted by atomic mass is 16.6. The molecule has 2 saturated heterocycles. The van der Waals surface area contributed by atoms with Gasteiger partial charge >= 0.3 is 5.97 Å². The van der Waals surface area contributed by atoms with Crippen LogP contribution in [0, 0.1) is 23.2 Å². The van der Waals surface area contributed by atoms with Crippen molar-refractivity contribution in [2.45, 2.75) is 45.1 Å². The number of nitrogens with zero attached hydrogens (tertiary/aromatic N) is 1. The quantitative estimate of drug-likeness (QED) is 0.579. The van der Waals surface area contributed by atoms with Gasteiger partial charge in [-0.3, -0.25) is 9.69 Å². The van der Waals surface area contributed by atoms with Crippen LogP contribution < -0.4 is 0 Å². The Morgan fingerprint density at radius 1 is 1.35 bits per heavy atom. The molecular weight excluding hydrogens is 290 g/mol. The standard InChI is InChI=1S/C19H29NO3/c1-13-4-3-5-19(2)11-17-14(10-16(13)19)15(18(21)23-17)12-20-6-8-22-9-7-20/h14-17H,1,3-12H2,2H3/t14-,15-,16+,17+,19-/m0/s1. The largest absolute Gasteiger partial charge is 0.462 e. The normalized spacial score (nSPS) is 44.6. The highest BCUT2D eigenvalue weighted by molar-refractivity contribution is 5.75. The van der Waals surface area contributed by atoms with E-state index < -0.39 is 0 Å². The first-order chi connectivity index (χ1) is 11.1. The average Bonchev–Trinajstić information content (AvgIpc) is 2.81. The molecule has 0 unspecified atom stereocenters. The van der Waals surface area contributed by atoms with E-state index in [4.69, 9.17) is 9.47 Å². The number of hydrogen-bond acceptors (Lipinski definition) is 4. The lowest BCUT2D eigenvalue weighted by atomic mass is 9.55. The molecule has 2 heterocycles. The zero-order valence-corrected chi connectivity index (χ0v) is 14.3. The van der Waals surface area contributed by atoms with Gasteiger partial charge in [0.05, 0.1) is 19.1 Å². The molecule has 2 aliphatic heterocycles. The molecule has 4 rings (SSSR count). The number of carbonyl (C=O) groups is 1. The Labute approximate surface area is 139 Å². The summed E-state index contributed by atoms with van der Waals surface area (Å²) in [6, 6.07) is 0. The van der Waals surface area contributed by atoms with E-state index in [1.165, 1.54) is 24.8 Å². The molecule has 4 nitrogen and oxygen atoms in total. The summed E-state index contributed by atoms with van der Waals surface area (Å²) in [5.74, 6) is 1.06. The fraction of sp³-hybridized carbons (Fsp3) is 0.842. The van der Waals surface area contributed by atoms with Gasteiger partial charge in [-0.15, -0.1) is 0 Å². The van der Waals surface area contributed by atoms with E-state index in [9.17, 15) is 4.79 Å². The summed E-state index contributed by atoms with van der Waals surface area (Å²) in [5, 5.41) is 0. The minimum Gasteiger partial charge on any atom is -0.462 e. The fourth-order valence-electron chi connectivity index (χ4n) is 5.53. The van der Waals surface area contributed by atoms with Crippen molar-refractivity contribution in [3.63, 3.8) is 0 Å². The van der Waals surface area contributed by atoms with Crippen LogP contribution in [0.15, 0.2) is 12.2 Å². The second kappa shape index (κ2) is 5.89. The molecule has 0 N–H and O–H groups in total. The van der Waals surface area contributed by atoms with Crippen LogP contribution in [0.2, 0.25) is 0 Å². The van der Waals surface area contributed by atoms with Gasteiger partial charge < -0.3 is 9.47 Å². The number of esters is 1. The SMILES string of the molecule is C=C1CCC[C@@]2(C)C[C@H]3OC(=O)[C@@H](CN4CCOCC4)[C@@H]3C[C@H]12. The van der Waals surface area contributed by atoms with Gasteiger partial charge in [-0.25, -0.2) is 0 Å². The van der Waals surface area contributed by atoms with E-state index in [0.717, 1.165) is 45.7 Å². The van der Waals surface area contributed by atoms with E-state index in [1.54, 1.807) is 0 Å². The number of hydrogen-bond donors (Lipinski definition) is 0. The van der Waals surface area contributed by atoms with Crippen molar-refractivity contribution < 1.29 is 14.3 Å². The topological polar surface area (TPSA) is 38.8 Å². The number of carbonyl (C=O) groups excluding carboxylic acids is 1. The van der Waals surface area contributed by atoms with Crippen LogP contribution in [0.25, 0.3) is 0 Å². The summed E-state index contributed by atoms with van der Waals surface area (Å²) >= 11 is 0. The van der Waals surface area contributed by atoms with Gasteiger partial charge in [0.1, 0.15) is 6.10 Å². The van der Waals surface area contributed by atoms with Crippen LogP contribution >= 0.6 is 0 Å². The lowest BCUT2D eigenvalue weighted by Crippen LogP contribution is -2.46. The van der Waals surface area contributed by atoms with E-state index in [2.05, 4.69) is 18.4 Å². The van der Waals surface area contributed by atoms with Gasteiger partial charge in [0.25, 0.3) is 0 Å². The zero-order chi connectivity index (χ0) is 16.0. The molecule has 0 bridgehead atoms. The molecule has 5 atom stereocenters. The third kappa shape index (κ3) is 2.74. The Balaban J connectivity index is 1.50. The smallest absolute Gasteiger partial charge is 0.310 e. The first kappa shape index (κ1) is 15.6. The Bertz CT molecular complexity index is 499. The number of rotatable bonds is 2. The Hall–Kier alpha value is -0.870. The lowest BCUT2D eigenvalue weighted by Gasteiger charge is -2.50. The maximum atomic E-state index is 12.5. The average molecular weight is 319 g/mol. The predicted octanol–water partition coefficient (Wildman–Crippen LogP) is 2.63. The van der Waals surface area contributed by atoms with Crippen LogP contribution in [0.4, 0.5) is 0 Å². The second-order valence-corrected chi connectivity index (χ2v) is 8.32. The molecule has 128 valence electrons. The maximum Gasteiger partial charge on any atom is 0.310 e. The summed E-state index contributed by atoms with van der Waals surface area (Å²) in [4.78, 5) is 14.9. The molecule has 23 heavy (non-hydrogen) atoms. The van der Waals surface area contributed by atoms with Gasteiger partial charge in [0.15, 0.2) is 0 Å². The molecule has 0 aromatic carbocycles. The molecule has 4 fully saturated rings. The van der Waals surface area contributed by atoms with Crippen LogP contribution in [0.3, 0.4) is 0 Å². The molecule has 0 aromatic heterocycles. The van der Waals surface area contributed by atoms with Gasteiger partial charge in [0, 0.05) is 25.6 Å². The summed E-state index contributed by atoms with van der Waals surface area (Å²) in [5.41, 5.74) is 1.71. The maximum absolute atomic E-state index is 12.5. The van der Waals surface area contributed by atoms with Gasteiger partial charge in [-0.05, 0) is 43.4 Å². The summed E-state index contributed by atoms with van der Waals surface area (Å²) in [7, 11) is 0. The van der Waals surface area contributed by atoms with E-state index in [0.29, 0.717) is 17.3 Å². The summed E-state index contributed by atoms with van der Waals surface area (Å²) < 4.78 is 11.3. The van der Waals surface area contributed by atoms with Crippen molar-refractivity contribution in [3.05, 3.63) is 12.2 Å². The van der Waals surface area contributed by atoms with Crippen molar-refractivity contribution in [2.24, 2.45) is 23.2 Å². The molecule has 4 heteroatoms. The Morgan fingerprint density at radius 2 is 2.13 bits per heavy atom. The molecule has 0 aromatic rings. The first-order valence-corrected chi connectivity index (χ1v) is 9.25. The summed E-state index contributed by atoms with van der Waals surface area (Å²) in [6.45, 7) is 11.1. The van der Waals surface area contributed by atoms with E-state index in [-0.39, 0.29) is 18.0 Å². The van der Waals surface area contributed by atoms with Crippen molar-refractivity contribution in [2.75, 3.05) is 32.8 Å². The number of fused-ring (bicyclic) bond motifs is 2. The van der Waals surface area contributed by atoms with Crippen LogP contribution in [0.1, 0.15) is 39.0 Å². The van der Waals surface area contributed by atoms with Crippen LogP contribution in [-0.2, 0) is 14.3 Å². The Morgan fingerprint density at radius 3 is 2.91 bits per heavy atom. The molecular formula is C19H29NO3. The van der Waals surface area contributed by atoms with Crippen LogP contribution in [0.5, 0.6) is 0 Å². The minimum atomic E-state index is 0.0411. The monoisotopic (exact) mass is 319 g/mol. The molecule has 0 spiro atoms. The summed E-state index contributed by atoms with van der Waals surface area (Å²) in [6.07, 6.45) is 5.94. The number of ether oxygens (including phenoxy) is 2.